The molecule has 1 aromatic carbocycles. The molecule has 0 spiro atoms. The van der Waals surface area contributed by atoms with Crippen molar-refractivity contribution in [3.8, 4) is 0 Å². The third-order valence-electron chi connectivity index (χ3n) is 3.06. The molecule has 0 aliphatic rings. The lowest BCUT2D eigenvalue weighted by Crippen LogP contribution is -2.22. The van der Waals surface area contributed by atoms with Crippen LogP contribution in [-0.4, -0.2) is 24.4 Å². The van der Waals surface area contributed by atoms with E-state index in [1.807, 2.05) is 0 Å². The van der Waals surface area contributed by atoms with Crippen molar-refractivity contribution >= 4 is 0 Å². The van der Waals surface area contributed by atoms with Crippen molar-refractivity contribution in [1.82, 2.24) is 5.32 Å². The molecule has 1 aromatic rings. The summed E-state index contributed by atoms with van der Waals surface area (Å²) in [5, 5.41) is 3.45. The van der Waals surface area contributed by atoms with Gasteiger partial charge in [-0.2, -0.15) is 0 Å². The molecule has 0 aromatic heterocycles. The quantitative estimate of drug-likeness (QED) is 0.727. The van der Waals surface area contributed by atoms with E-state index in [9.17, 15) is 0 Å². The Labute approximate surface area is 136 Å². The summed E-state index contributed by atoms with van der Waals surface area (Å²) in [6.45, 7) is 15.8. The lowest BCUT2D eigenvalue weighted by molar-refractivity contribution is -0.0149. The Morgan fingerprint density at radius 2 is 1.36 bits per heavy atom. The van der Waals surface area contributed by atoms with Crippen molar-refractivity contribution in [3.05, 3.63) is 35.4 Å². The summed E-state index contributed by atoms with van der Waals surface area (Å²) >= 11 is 0. The highest BCUT2D eigenvalue weighted by molar-refractivity contribution is 5.21. The van der Waals surface area contributed by atoms with Crippen molar-refractivity contribution < 1.29 is 9.47 Å². The lowest BCUT2D eigenvalue weighted by atomic mass is 10.1. The Morgan fingerprint density at radius 3 is 1.91 bits per heavy atom. The largest absolute Gasteiger partial charge is 0.376 e. The Balaban J connectivity index is 2.19. The van der Waals surface area contributed by atoms with Gasteiger partial charge in [-0.05, 0) is 65.6 Å². The van der Waals surface area contributed by atoms with Gasteiger partial charge in [0.1, 0.15) is 0 Å². The molecule has 3 nitrogen and oxygen atoms in total. The molecule has 1 N–H and O–H groups in total. The molecule has 0 atom stereocenters. The van der Waals surface area contributed by atoms with E-state index in [4.69, 9.17) is 9.47 Å². The summed E-state index contributed by atoms with van der Waals surface area (Å²) < 4.78 is 11.5. The van der Waals surface area contributed by atoms with Crippen LogP contribution in [0, 0.1) is 0 Å². The Hall–Kier alpha value is -0.900. The van der Waals surface area contributed by atoms with Gasteiger partial charge in [-0.25, -0.2) is 0 Å². The van der Waals surface area contributed by atoms with E-state index in [2.05, 4.69) is 71.1 Å². The third kappa shape index (κ3) is 9.93. The molecule has 0 aliphatic carbocycles. The van der Waals surface area contributed by atoms with Gasteiger partial charge in [-0.1, -0.05) is 24.3 Å². The van der Waals surface area contributed by atoms with Crippen LogP contribution < -0.4 is 5.32 Å². The second-order valence-electron chi connectivity index (χ2n) is 7.71. The Bertz CT molecular complexity index is 413. The summed E-state index contributed by atoms with van der Waals surface area (Å²) in [4.78, 5) is 0. The number of nitrogens with one attached hydrogen (secondary N) is 1. The number of rotatable bonds is 8. The fraction of sp³-hybridized carbons (Fsp3) is 0.684. The summed E-state index contributed by atoms with van der Waals surface area (Å²) in [5.41, 5.74) is 2.40. The topological polar surface area (TPSA) is 30.5 Å². The van der Waals surface area contributed by atoms with Gasteiger partial charge in [0.05, 0.1) is 17.8 Å². The predicted molar refractivity (Wildman–Crippen MR) is 93.0 cm³/mol. The van der Waals surface area contributed by atoms with Gasteiger partial charge < -0.3 is 14.8 Å². The summed E-state index contributed by atoms with van der Waals surface area (Å²) in [5.74, 6) is 0. The van der Waals surface area contributed by atoms with Crippen LogP contribution in [0.1, 0.15) is 59.1 Å². The molecule has 3 heteroatoms. The first-order chi connectivity index (χ1) is 10.2. The van der Waals surface area contributed by atoms with Gasteiger partial charge in [0, 0.05) is 13.2 Å². The van der Waals surface area contributed by atoms with Crippen molar-refractivity contribution in [2.75, 3.05) is 13.2 Å². The fourth-order valence-corrected chi connectivity index (χ4v) is 1.86. The van der Waals surface area contributed by atoms with Crippen LogP contribution in [0.5, 0.6) is 0 Å². The number of ether oxygens (including phenoxy) is 2. The van der Waals surface area contributed by atoms with E-state index in [1.165, 1.54) is 11.1 Å². The second-order valence-corrected chi connectivity index (χ2v) is 7.71. The zero-order valence-corrected chi connectivity index (χ0v) is 15.2. The second kappa shape index (κ2) is 8.66. The zero-order valence-electron chi connectivity index (χ0n) is 15.2. The summed E-state index contributed by atoms with van der Waals surface area (Å²) in [6, 6.07) is 8.62. The molecule has 0 heterocycles. The summed E-state index contributed by atoms with van der Waals surface area (Å²) in [6.07, 6.45) is 1.04. The Morgan fingerprint density at radius 1 is 0.818 bits per heavy atom. The zero-order chi connectivity index (χ0) is 16.6. The molecule has 1 rings (SSSR count). The first kappa shape index (κ1) is 19.1. The van der Waals surface area contributed by atoms with Crippen LogP contribution in [-0.2, 0) is 22.6 Å². The highest BCUT2D eigenvalue weighted by atomic mass is 16.5. The van der Waals surface area contributed by atoms with Gasteiger partial charge in [0.2, 0.25) is 0 Å². The van der Waals surface area contributed by atoms with E-state index in [0.717, 1.165) is 26.1 Å². The number of hydrogen-bond acceptors (Lipinski definition) is 3. The molecular formula is C19H33NO2. The van der Waals surface area contributed by atoms with Gasteiger partial charge in [0.25, 0.3) is 0 Å². The molecule has 0 amide bonds. The molecule has 126 valence electrons. The smallest absolute Gasteiger partial charge is 0.0724 e. The van der Waals surface area contributed by atoms with Crippen LogP contribution in [0.25, 0.3) is 0 Å². The molecule has 0 radical (unpaired) electrons. The minimum absolute atomic E-state index is 0.0367. The van der Waals surface area contributed by atoms with E-state index in [0.29, 0.717) is 6.61 Å². The van der Waals surface area contributed by atoms with E-state index in [-0.39, 0.29) is 11.2 Å². The van der Waals surface area contributed by atoms with Gasteiger partial charge in [0.15, 0.2) is 0 Å². The van der Waals surface area contributed by atoms with Crippen LogP contribution in [0.2, 0.25) is 0 Å². The van der Waals surface area contributed by atoms with Crippen molar-refractivity contribution in [1.29, 1.82) is 0 Å². The number of benzene rings is 1. The van der Waals surface area contributed by atoms with Crippen LogP contribution in [0.3, 0.4) is 0 Å². The van der Waals surface area contributed by atoms with Crippen molar-refractivity contribution in [3.63, 3.8) is 0 Å². The van der Waals surface area contributed by atoms with Crippen LogP contribution >= 0.6 is 0 Å². The molecule has 0 aliphatic heterocycles. The molecule has 0 saturated carbocycles. The molecule has 0 unspecified atom stereocenters. The average Bonchev–Trinajstić information content (AvgIpc) is 2.39. The minimum atomic E-state index is -0.0879. The Kier molecular flexibility index (Phi) is 7.54. The molecule has 0 saturated heterocycles. The number of hydrogen-bond donors (Lipinski definition) is 1. The lowest BCUT2D eigenvalue weighted by Gasteiger charge is -2.19. The molecule has 0 bridgehead atoms. The minimum Gasteiger partial charge on any atom is -0.376 e. The average molecular weight is 307 g/mol. The maximum atomic E-state index is 5.78. The third-order valence-corrected chi connectivity index (χ3v) is 3.06. The maximum absolute atomic E-state index is 5.78. The molecular weight excluding hydrogens is 274 g/mol. The highest BCUT2D eigenvalue weighted by Gasteiger charge is 2.10. The van der Waals surface area contributed by atoms with Crippen LogP contribution in [0.15, 0.2) is 24.3 Å². The monoisotopic (exact) mass is 307 g/mol. The van der Waals surface area contributed by atoms with Crippen molar-refractivity contribution in [2.24, 2.45) is 0 Å². The highest BCUT2D eigenvalue weighted by Crippen LogP contribution is 2.12. The fourth-order valence-electron chi connectivity index (χ4n) is 1.86. The normalized spacial score (nSPS) is 12.6. The SMILES string of the molecule is CC(C)(C)OCCCNCc1ccc(COC(C)(C)C)cc1. The first-order valence-corrected chi connectivity index (χ1v) is 8.22. The van der Waals surface area contributed by atoms with Crippen LogP contribution in [0.4, 0.5) is 0 Å². The van der Waals surface area contributed by atoms with Gasteiger partial charge in [-0.3, -0.25) is 0 Å². The van der Waals surface area contributed by atoms with Gasteiger partial charge in [-0.15, -0.1) is 0 Å². The van der Waals surface area contributed by atoms with E-state index >= 15 is 0 Å². The molecule has 22 heavy (non-hydrogen) atoms. The molecule has 0 fully saturated rings. The van der Waals surface area contributed by atoms with E-state index in [1.54, 1.807) is 0 Å². The predicted octanol–water partition coefficient (Wildman–Crippen LogP) is 4.30. The van der Waals surface area contributed by atoms with Crippen molar-refractivity contribution in [2.45, 2.75) is 72.3 Å². The van der Waals surface area contributed by atoms with Gasteiger partial charge >= 0.3 is 0 Å². The first-order valence-electron chi connectivity index (χ1n) is 8.22. The summed E-state index contributed by atoms with van der Waals surface area (Å²) in [7, 11) is 0. The standard InChI is InChI=1S/C19H33NO2/c1-18(2,3)21-13-7-12-20-14-16-8-10-17(11-9-16)15-22-19(4,5)6/h8-11,20H,7,12-15H2,1-6H3. The maximum Gasteiger partial charge on any atom is 0.0724 e. The van der Waals surface area contributed by atoms with E-state index < -0.39 is 0 Å².